The molecule has 1 aliphatic rings. The van der Waals surface area contributed by atoms with Crippen molar-refractivity contribution in [1.82, 2.24) is 10.2 Å². The highest BCUT2D eigenvalue weighted by atomic mass is 35.5. The van der Waals surface area contributed by atoms with Crippen molar-refractivity contribution >= 4 is 29.1 Å². The fourth-order valence-corrected chi connectivity index (χ4v) is 3.26. The van der Waals surface area contributed by atoms with Gasteiger partial charge in [0.25, 0.3) is 0 Å². The molecule has 1 aromatic rings. The Kier molecular flexibility index (Phi) is 7.47. The molecule has 0 spiro atoms. The molecule has 2 amide bonds. The molecular formula is C20H30ClN3O2. The van der Waals surface area contributed by atoms with Crippen LogP contribution in [0.1, 0.15) is 39.2 Å². The molecule has 1 aliphatic heterocycles. The molecule has 1 atom stereocenters. The fraction of sp³-hybridized carbons (Fsp3) is 0.600. The Labute approximate surface area is 161 Å². The molecule has 0 saturated carbocycles. The van der Waals surface area contributed by atoms with E-state index in [1.165, 1.54) is 0 Å². The maximum Gasteiger partial charge on any atom is 0.238 e. The van der Waals surface area contributed by atoms with Crippen molar-refractivity contribution < 1.29 is 9.59 Å². The van der Waals surface area contributed by atoms with Crippen LogP contribution in [-0.2, 0) is 9.59 Å². The third-order valence-electron chi connectivity index (χ3n) is 5.09. The summed E-state index contributed by atoms with van der Waals surface area (Å²) in [6.07, 6.45) is 1.57. The Morgan fingerprint density at radius 3 is 2.46 bits per heavy atom. The Hall–Kier alpha value is -1.59. The van der Waals surface area contributed by atoms with Crippen LogP contribution in [-0.4, -0.2) is 42.4 Å². The number of aryl methyl sites for hydroxylation is 1. The summed E-state index contributed by atoms with van der Waals surface area (Å²) in [5.74, 6) is 0.534. The molecule has 0 bridgehead atoms. The zero-order valence-corrected chi connectivity index (χ0v) is 16.9. The van der Waals surface area contributed by atoms with Crippen LogP contribution in [0.2, 0.25) is 5.02 Å². The molecule has 26 heavy (non-hydrogen) atoms. The second kappa shape index (κ2) is 9.38. The van der Waals surface area contributed by atoms with Gasteiger partial charge in [0.2, 0.25) is 11.8 Å². The van der Waals surface area contributed by atoms with Crippen LogP contribution in [0.5, 0.6) is 0 Å². The van der Waals surface area contributed by atoms with Gasteiger partial charge in [-0.1, -0.05) is 31.5 Å². The minimum Gasteiger partial charge on any atom is -0.353 e. The minimum absolute atomic E-state index is 0.0436. The lowest BCUT2D eigenvalue weighted by Gasteiger charge is -2.31. The highest BCUT2D eigenvalue weighted by Crippen LogP contribution is 2.23. The largest absolute Gasteiger partial charge is 0.353 e. The summed E-state index contributed by atoms with van der Waals surface area (Å²) in [7, 11) is 0. The minimum atomic E-state index is -0.0768. The maximum atomic E-state index is 12.3. The summed E-state index contributed by atoms with van der Waals surface area (Å²) in [6.45, 7) is 10.0. The number of likely N-dealkylation sites (tertiary alicyclic amines) is 1. The first kappa shape index (κ1) is 20.7. The van der Waals surface area contributed by atoms with Crippen molar-refractivity contribution in [2.24, 2.45) is 11.8 Å². The van der Waals surface area contributed by atoms with E-state index in [0.717, 1.165) is 31.5 Å². The number of carbonyl (C=O) groups excluding carboxylic acids is 2. The summed E-state index contributed by atoms with van der Waals surface area (Å²) in [5, 5.41) is 6.51. The number of hydrogen-bond acceptors (Lipinski definition) is 3. The zero-order valence-electron chi connectivity index (χ0n) is 16.1. The average molecular weight is 380 g/mol. The van der Waals surface area contributed by atoms with E-state index in [2.05, 4.69) is 29.4 Å². The van der Waals surface area contributed by atoms with Crippen LogP contribution in [0.4, 0.5) is 5.69 Å². The van der Waals surface area contributed by atoms with Crippen molar-refractivity contribution in [3.8, 4) is 0 Å². The molecule has 2 N–H and O–H groups in total. The fourth-order valence-electron chi connectivity index (χ4n) is 2.98. The van der Waals surface area contributed by atoms with Gasteiger partial charge >= 0.3 is 0 Å². The summed E-state index contributed by atoms with van der Waals surface area (Å²) < 4.78 is 0. The molecule has 5 nitrogen and oxygen atoms in total. The molecule has 1 heterocycles. The normalized spacial score (nSPS) is 17.2. The summed E-state index contributed by atoms with van der Waals surface area (Å²) in [4.78, 5) is 26.7. The molecule has 0 radical (unpaired) electrons. The average Bonchev–Trinajstić information content (AvgIpc) is 2.57. The van der Waals surface area contributed by atoms with Gasteiger partial charge in [0.05, 0.1) is 17.3 Å². The van der Waals surface area contributed by atoms with Gasteiger partial charge in [0, 0.05) is 12.0 Å². The van der Waals surface area contributed by atoms with Crippen LogP contribution in [0.3, 0.4) is 0 Å². The Morgan fingerprint density at radius 2 is 1.88 bits per heavy atom. The zero-order chi connectivity index (χ0) is 19.3. The Bertz CT molecular complexity index is 640. The number of piperidine rings is 1. The quantitative estimate of drug-likeness (QED) is 0.795. The number of hydrogen-bond donors (Lipinski definition) is 2. The lowest BCUT2D eigenvalue weighted by Crippen LogP contribution is -2.45. The highest BCUT2D eigenvalue weighted by Gasteiger charge is 2.27. The number of nitrogens with one attached hydrogen (secondary N) is 2. The second-order valence-electron chi connectivity index (χ2n) is 7.62. The van der Waals surface area contributed by atoms with Crippen molar-refractivity contribution in [3.05, 3.63) is 28.8 Å². The number of anilines is 1. The third kappa shape index (κ3) is 5.99. The summed E-state index contributed by atoms with van der Waals surface area (Å²) in [5.41, 5.74) is 1.69. The number of rotatable bonds is 6. The van der Waals surface area contributed by atoms with Crippen molar-refractivity contribution in [1.29, 1.82) is 0 Å². The van der Waals surface area contributed by atoms with Gasteiger partial charge < -0.3 is 10.6 Å². The summed E-state index contributed by atoms with van der Waals surface area (Å²) in [6, 6.07) is 5.76. The van der Waals surface area contributed by atoms with E-state index in [1.807, 2.05) is 32.0 Å². The number of carbonyl (C=O) groups is 2. The predicted molar refractivity (Wildman–Crippen MR) is 106 cm³/mol. The lowest BCUT2D eigenvalue weighted by molar-refractivity contribution is -0.127. The summed E-state index contributed by atoms with van der Waals surface area (Å²) >= 11 is 6.16. The molecule has 144 valence electrons. The molecule has 1 saturated heterocycles. The molecular weight excluding hydrogens is 350 g/mol. The number of nitrogens with zero attached hydrogens (tertiary/aromatic N) is 1. The first-order valence-corrected chi connectivity index (χ1v) is 9.72. The molecule has 1 aromatic carbocycles. The van der Waals surface area contributed by atoms with E-state index in [0.29, 0.717) is 23.2 Å². The first-order valence-electron chi connectivity index (χ1n) is 9.35. The van der Waals surface area contributed by atoms with Crippen LogP contribution in [0, 0.1) is 18.8 Å². The van der Waals surface area contributed by atoms with Gasteiger partial charge in [0.1, 0.15) is 0 Å². The van der Waals surface area contributed by atoms with E-state index < -0.39 is 0 Å². The van der Waals surface area contributed by atoms with Gasteiger partial charge in [-0.25, -0.2) is 0 Å². The highest BCUT2D eigenvalue weighted by molar-refractivity contribution is 6.33. The number of benzene rings is 1. The Morgan fingerprint density at radius 1 is 1.23 bits per heavy atom. The molecule has 0 aromatic heterocycles. The van der Waals surface area contributed by atoms with E-state index in [-0.39, 0.29) is 23.8 Å². The SMILES string of the molecule is Cc1ccc(NC(=O)CN2CCC(C(=O)NC(C)C(C)C)CC2)c(Cl)c1. The number of amides is 2. The molecule has 6 heteroatoms. The molecule has 1 unspecified atom stereocenters. The predicted octanol–water partition coefficient (Wildman–Crippen LogP) is 3.46. The van der Waals surface area contributed by atoms with E-state index in [4.69, 9.17) is 11.6 Å². The standard InChI is InChI=1S/C20H30ClN3O2/c1-13(2)15(4)22-20(26)16-7-9-24(10-8-16)12-19(25)23-18-6-5-14(3)11-17(18)21/h5-6,11,13,15-16H,7-10,12H2,1-4H3,(H,22,26)(H,23,25). The van der Waals surface area contributed by atoms with Gasteiger partial charge in [0.15, 0.2) is 0 Å². The van der Waals surface area contributed by atoms with Gasteiger partial charge in [-0.2, -0.15) is 0 Å². The molecule has 0 aliphatic carbocycles. The Balaban J connectivity index is 1.77. The van der Waals surface area contributed by atoms with E-state index in [9.17, 15) is 9.59 Å². The van der Waals surface area contributed by atoms with Gasteiger partial charge in [-0.3, -0.25) is 14.5 Å². The monoisotopic (exact) mass is 379 g/mol. The second-order valence-corrected chi connectivity index (χ2v) is 8.03. The smallest absolute Gasteiger partial charge is 0.238 e. The van der Waals surface area contributed by atoms with Crippen molar-refractivity contribution in [2.75, 3.05) is 25.0 Å². The van der Waals surface area contributed by atoms with E-state index in [1.54, 1.807) is 0 Å². The van der Waals surface area contributed by atoms with Crippen molar-refractivity contribution in [3.63, 3.8) is 0 Å². The van der Waals surface area contributed by atoms with Crippen molar-refractivity contribution in [2.45, 2.75) is 46.6 Å². The van der Waals surface area contributed by atoms with Crippen LogP contribution < -0.4 is 10.6 Å². The topological polar surface area (TPSA) is 61.4 Å². The van der Waals surface area contributed by atoms with E-state index >= 15 is 0 Å². The van der Waals surface area contributed by atoms with Gasteiger partial charge in [-0.05, 0) is 63.4 Å². The molecule has 1 fully saturated rings. The van der Waals surface area contributed by atoms with Crippen LogP contribution in [0.15, 0.2) is 18.2 Å². The maximum absolute atomic E-state index is 12.3. The van der Waals surface area contributed by atoms with Crippen LogP contribution in [0.25, 0.3) is 0 Å². The number of halogens is 1. The van der Waals surface area contributed by atoms with Gasteiger partial charge in [-0.15, -0.1) is 0 Å². The van der Waals surface area contributed by atoms with Crippen LogP contribution >= 0.6 is 11.6 Å². The third-order valence-corrected chi connectivity index (χ3v) is 5.41. The lowest BCUT2D eigenvalue weighted by atomic mass is 9.95. The first-order chi connectivity index (χ1) is 12.3. The molecule has 2 rings (SSSR count).